The molecule has 0 aliphatic carbocycles. The van der Waals surface area contributed by atoms with Crippen LogP contribution in [0.2, 0.25) is 0 Å². The number of ether oxygens (including phenoxy) is 2. The van der Waals surface area contributed by atoms with E-state index in [1.807, 2.05) is 24.3 Å². The Kier molecular flexibility index (Phi) is 8.10. The maximum Gasteiger partial charge on any atom is 0.379 e. The first kappa shape index (κ1) is 24.7. The van der Waals surface area contributed by atoms with E-state index in [0.717, 1.165) is 4.47 Å². The molecule has 1 aromatic heterocycles. The van der Waals surface area contributed by atoms with Gasteiger partial charge in [0.2, 0.25) is 5.76 Å². The third-order valence-corrected chi connectivity index (χ3v) is 5.48. The van der Waals surface area contributed by atoms with Crippen LogP contribution in [-0.4, -0.2) is 24.7 Å². The monoisotopic (exact) mass is 576 g/mol. The Morgan fingerprint density at radius 2 is 1.85 bits per heavy atom. The van der Waals surface area contributed by atoms with E-state index in [4.69, 9.17) is 13.9 Å². The molecule has 0 spiro atoms. The van der Waals surface area contributed by atoms with Crippen molar-refractivity contribution in [3.63, 3.8) is 0 Å². The largest absolute Gasteiger partial charge is 0.484 e. The predicted molar refractivity (Wildman–Crippen MR) is 132 cm³/mol. The van der Waals surface area contributed by atoms with E-state index < -0.39 is 11.9 Å². The Labute approximate surface area is 208 Å². The molecule has 1 N–H and O–H groups in total. The lowest BCUT2D eigenvalue weighted by atomic mass is 9.87. The summed E-state index contributed by atoms with van der Waals surface area (Å²) in [5, 5.41) is 3.95. The summed E-state index contributed by atoms with van der Waals surface area (Å²) in [7, 11) is 0. The Morgan fingerprint density at radius 1 is 1.12 bits per heavy atom. The molecule has 33 heavy (non-hydrogen) atoms. The topological polar surface area (TPSA) is 90.1 Å². The number of furan rings is 1. The summed E-state index contributed by atoms with van der Waals surface area (Å²) in [5.74, 6) is -0.214. The van der Waals surface area contributed by atoms with Gasteiger partial charge in [0.05, 0.1) is 17.0 Å². The fraction of sp³-hybridized carbons (Fsp3) is 0.208. The van der Waals surface area contributed by atoms with E-state index in [9.17, 15) is 9.59 Å². The van der Waals surface area contributed by atoms with Gasteiger partial charge in [0, 0.05) is 10.0 Å². The van der Waals surface area contributed by atoms with Crippen molar-refractivity contribution >= 4 is 50.0 Å². The zero-order valence-corrected chi connectivity index (χ0v) is 21.4. The van der Waals surface area contributed by atoms with Gasteiger partial charge in [0.1, 0.15) is 5.75 Å². The fourth-order valence-corrected chi connectivity index (χ4v) is 4.07. The maximum atomic E-state index is 12.3. The van der Waals surface area contributed by atoms with Gasteiger partial charge in [-0.3, -0.25) is 4.79 Å². The van der Waals surface area contributed by atoms with Gasteiger partial charge in [-0.05, 0) is 63.3 Å². The summed E-state index contributed by atoms with van der Waals surface area (Å²) in [5.41, 5.74) is 4.07. The minimum Gasteiger partial charge on any atom is -0.484 e. The van der Waals surface area contributed by atoms with Gasteiger partial charge in [-0.25, -0.2) is 10.2 Å². The molecular formula is C24H22Br2N2O5. The first-order chi connectivity index (χ1) is 15.6. The highest BCUT2D eigenvalue weighted by atomic mass is 79.9. The van der Waals surface area contributed by atoms with Gasteiger partial charge in [0.25, 0.3) is 5.91 Å². The molecule has 3 rings (SSSR count). The molecule has 0 bridgehead atoms. The maximum absolute atomic E-state index is 12.3. The number of hydrogen-bond donors (Lipinski definition) is 1. The van der Waals surface area contributed by atoms with E-state index >= 15 is 0 Å². The number of carbonyl (C=O) groups excluding carboxylic acids is 2. The SMILES string of the molecule is CC(C)(C)c1ccc(OCC(=O)NN=Cc2cc(Br)cc(Br)c2OC(=O)c2ccco2)cc1. The molecular weight excluding hydrogens is 556 g/mol. The van der Waals surface area contributed by atoms with Gasteiger partial charge < -0.3 is 13.9 Å². The first-order valence-electron chi connectivity index (χ1n) is 9.93. The third-order valence-electron chi connectivity index (χ3n) is 4.44. The van der Waals surface area contributed by atoms with Crippen LogP contribution in [0.3, 0.4) is 0 Å². The first-order valence-corrected chi connectivity index (χ1v) is 11.5. The summed E-state index contributed by atoms with van der Waals surface area (Å²) < 4.78 is 17.3. The average Bonchev–Trinajstić information content (AvgIpc) is 3.29. The molecule has 0 aliphatic heterocycles. The summed E-state index contributed by atoms with van der Waals surface area (Å²) in [6, 6.07) is 14.1. The molecule has 0 atom stereocenters. The Hall–Kier alpha value is -2.91. The zero-order valence-electron chi connectivity index (χ0n) is 18.2. The van der Waals surface area contributed by atoms with Crippen molar-refractivity contribution in [2.75, 3.05) is 6.61 Å². The highest BCUT2D eigenvalue weighted by Crippen LogP contribution is 2.32. The normalized spacial score (nSPS) is 11.4. The highest BCUT2D eigenvalue weighted by molar-refractivity contribution is 9.11. The van der Waals surface area contributed by atoms with Crippen LogP contribution in [0.25, 0.3) is 0 Å². The molecule has 0 aliphatic rings. The van der Waals surface area contributed by atoms with Crippen LogP contribution in [0.15, 0.2) is 73.3 Å². The lowest BCUT2D eigenvalue weighted by Gasteiger charge is -2.19. The molecule has 0 saturated heterocycles. The van der Waals surface area contributed by atoms with E-state index in [1.165, 1.54) is 24.1 Å². The van der Waals surface area contributed by atoms with Crippen molar-refractivity contribution in [1.29, 1.82) is 0 Å². The lowest BCUT2D eigenvalue weighted by molar-refractivity contribution is -0.123. The predicted octanol–water partition coefficient (Wildman–Crippen LogP) is 5.85. The number of carbonyl (C=O) groups is 2. The van der Waals surface area contributed by atoms with Gasteiger partial charge >= 0.3 is 5.97 Å². The van der Waals surface area contributed by atoms with E-state index in [2.05, 4.69) is 63.2 Å². The molecule has 3 aromatic rings. The van der Waals surface area contributed by atoms with Crippen LogP contribution >= 0.6 is 31.9 Å². The van der Waals surface area contributed by atoms with Gasteiger partial charge in [-0.2, -0.15) is 5.10 Å². The highest BCUT2D eigenvalue weighted by Gasteiger charge is 2.17. The summed E-state index contributed by atoms with van der Waals surface area (Å²) in [4.78, 5) is 24.4. The van der Waals surface area contributed by atoms with E-state index in [0.29, 0.717) is 15.8 Å². The van der Waals surface area contributed by atoms with Crippen LogP contribution in [0, 0.1) is 0 Å². The molecule has 172 valence electrons. The van der Waals surface area contributed by atoms with Crippen molar-refractivity contribution in [2.24, 2.45) is 5.10 Å². The summed E-state index contributed by atoms with van der Waals surface area (Å²) in [6.45, 7) is 6.18. The second-order valence-electron chi connectivity index (χ2n) is 8.03. The molecule has 0 radical (unpaired) electrons. The summed E-state index contributed by atoms with van der Waals surface area (Å²) >= 11 is 6.75. The number of nitrogens with one attached hydrogen (secondary N) is 1. The Balaban J connectivity index is 1.61. The van der Waals surface area contributed by atoms with Crippen LogP contribution in [0.1, 0.15) is 42.5 Å². The lowest BCUT2D eigenvalue weighted by Crippen LogP contribution is -2.24. The molecule has 0 saturated carbocycles. The minimum atomic E-state index is -0.660. The van der Waals surface area contributed by atoms with Crippen LogP contribution < -0.4 is 14.9 Å². The number of nitrogens with zero attached hydrogens (tertiary/aromatic N) is 1. The molecule has 7 nitrogen and oxygen atoms in total. The second kappa shape index (κ2) is 10.8. The molecule has 0 fully saturated rings. The van der Waals surface area contributed by atoms with Crippen molar-refractivity contribution < 1.29 is 23.5 Å². The zero-order chi connectivity index (χ0) is 24.0. The van der Waals surface area contributed by atoms with Gasteiger partial charge in [-0.15, -0.1) is 0 Å². The van der Waals surface area contributed by atoms with Crippen molar-refractivity contribution in [3.05, 3.63) is 80.6 Å². The smallest absolute Gasteiger partial charge is 0.379 e. The third kappa shape index (κ3) is 7.03. The minimum absolute atomic E-state index is 0.0389. The Morgan fingerprint density at radius 3 is 2.48 bits per heavy atom. The van der Waals surface area contributed by atoms with Crippen LogP contribution in [0.5, 0.6) is 11.5 Å². The molecule has 1 heterocycles. The van der Waals surface area contributed by atoms with Gasteiger partial charge in [-0.1, -0.05) is 48.8 Å². The number of hydrazone groups is 1. The van der Waals surface area contributed by atoms with Crippen LogP contribution in [0.4, 0.5) is 0 Å². The summed E-state index contributed by atoms with van der Waals surface area (Å²) in [6.07, 6.45) is 2.75. The number of benzene rings is 2. The number of esters is 1. The average molecular weight is 578 g/mol. The van der Waals surface area contributed by atoms with Crippen molar-refractivity contribution in [2.45, 2.75) is 26.2 Å². The van der Waals surface area contributed by atoms with Crippen LogP contribution in [-0.2, 0) is 10.2 Å². The molecule has 0 unspecified atom stereocenters. The number of halogens is 2. The molecule has 1 amide bonds. The fourth-order valence-electron chi connectivity index (χ4n) is 2.73. The van der Waals surface area contributed by atoms with E-state index in [1.54, 1.807) is 18.2 Å². The Bertz CT molecular complexity index is 1150. The molecule has 9 heteroatoms. The van der Waals surface area contributed by atoms with E-state index in [-0.39, 0.29) is 23.5 Å². The standard InChI is InChI=1S/C24H22Br2N2O5/c1-24(2,3)16-6-8-18(9-7-16)32-14-21(29)28-27-13-15-11-17(25)12-19(26)22(15)33-23(30)20-5-4-10-31-20/h4-13H,14H2,1-3H3,(H,28,29). The second-order valence-corrected chi connectivity index (χ2v) is 9.80. The quantitative estimate of drug-likeness (QED) is 0.165. The molecule has 2 aromatic carbocycles. The number of hydrogen-bond acceptors (Lipinski definition) is 6. The van der Waals surface area contributed by atoms with Crippen molar-refractivity contribution in [3.8, 4) is 11.5 Å². The number of rotatable bonds is 7. The number of amides is 1. The van der Waals surface area contributed by atoms with Crippen molar-refractivity contribution in [1.82, 2.24) is 5.43 Å². The van der Waals surface area contributed by atoms with Gasteiger partial charge in [0.15, 0.2) is 12.4 Å².